The van der Waals surface area contributed by atoms with Gasteiger partial charge in [0.25, 0.3) is 11.8 Å². The van der Waals surface area contributed by atoms with Crippen LogP contribution in [0.25, 0.3) is 0 Å². The number of oxime groups is 1. The molecule has 17 nitrogen and oxygen atoms in total. The molecule has 2 aromatic rings. The molecule has 0 unspecified atom stereocenters. The molecule has 2 amide bonds. The molecule has 1 spiro atoms. The number of halogens is 2. The molecule has 2 bridgehead atoms. The van der Waals surface area contributed by atoms with E-state index in [-0.39, 0.29) is 37.1 Å². The molecular weight excluding hydrogens is 705 g/mol. The average molecular weight is 741 g/mol. The van der Waals surface area contributed by atoms with Gasteiger partial charge in [-0.2, -0.15) is 0 Å². The van der Waals surface area contributed by atoms with E-state index in [0.29, 0.717) is 31.0 Å². The highest BCUT2D eigenvalue weighted by molar-refractivity contribution is 7.46. The van der Waals surface area contributed by atoms with Crippen LogP contribution < -0.4 is 15.5 Å². The number of benzene rings is 1. The molecule has 51 heavy (non-hydrogen) atoms. The molecule has 3 atom stereocenters. The van der Waals surface area contributed by atoms with E-state index in [1.54, 1.807) is 11.8 Å². The third-order valence-corrected chi connectivity index (χ3v) is 9.82. The van der Waals surface area contributed by atoms with Crippen LogP contribution in [0.15, 0.2) is 34.3 Å². The molecule has 0 radical (unpaired) electrons. The summed E-state index contributed by atoms with van der Waals surface area (Å²) in [6.45, 7) is 1.54. The molecule has 0 aliphatic carbocycles. The molecule has 1 aromatic carbocycles. The fourth-order valence-electron chi connectivity index (χ4n) is 6.55. The second-order valence-electron chi connectivity index (χ2n) is 13.1. The normalized spacial score (nSPS) is 23.4. The van der Waals surface area contributed by atoms with E-state index in [1.807, 2.05) is 6.92 Å². The number of carbonyl (C=O) groups excluding carboxylic acids is 3. The van der Waals surface area contributed by atoms with Gasteiger partial charge in [-0.25, -0.2) is 18.1 Å². The van der Waals surface area contributed by atoms with Crippen LogP contribution in [0, 0.1) is 17.0 Å². The smallest absolute Gasteiger partial charge is 0.451 e. The third-order valence-electron chi connectivity index (χ3n) is 9.35. The Labute approximate surface area is 288 Å². The molecule has 1 aromatic heterocycles. The summed E-state index contributed by atoms with van der Waals surface area (Å²) in [7, 11) is -4.80. The Morgan fingerprint density at radius 2 is 1.94 bits per heavy atom. The van der Waals surface area contributed by atoms with Gasteiger partial charge in [-0.3, -0.25) is 18.9 Å². The molecule has 4 aliphatic rings. The van der Waals surface area contributed by atoms with Crippen molar-refractivity contribution in [3.63, 3.8) is 0 Å². The quantitative estimate of drug-likeness (QED) is 0.172. The summed E-state index contributed by atoms with van der Waals surface area (Å²) in [6, 6.07) is 1.88. The van der Waals surface area contributed by atoms with Crippen molar-refractivity contribution in [2.75, 3.05) is 39.8 Å². The van der Waals surface area contributed by atoms with Gasteiger partial charge in [0.2, 0.25) is 18.0 Å². The van der Waals surface area contributed by atoms with Crippen molar-refractivity contribution in [3.05, 3.63) is 63.1 Å². The minimum absolute atomic E-state index is 0.0175. The van der Waals surface area contributed by atoms with Crippen LogP contribution in [-0.2, 0) is 34.7 Å². The van der Waals surface area contributed by atoms with Crippen LogP contribution in [0.1, 0.15) is 65.6 Å². The van der Waals surface area contributed by atoms with Gasteiger partial charge in [0.1, 0.15) is 23.8 Å². The van der Waals surface area contributed by atoms with E-state index in [0.717, 1.165) is 12.1 Å². The maximum atomic E-state index is 14.3. The highest BCUT2D eigenvalue weighted by atomic mass is 31.2. The lowest BCUT2D eigenvalue weighted by molar-refractivity contribution is -0.160. The van der Waals surface area contributed by atoms with Gasteiger partial charge in [0, 0.05) is 43.4 Å². The largest absolute Gasteiger partial charge is 0.511 e. The first kappa shape index (κ1) is 36.4. The molecule has 5 heterocycles. The number of pyridine rings is 1. The number of rotatable bonds is 11. The maximum absolute atomic E-state index is 14.3. The zero-order chi connectivity index (χ0) is 36.7. The van der Waals surface area contributed by atoms with Crippen molar-refractivity contribution in [1.82, 2.24) is 14.8 Å². The SMILES string of the molecule is CC1=NO[C@@]2(CC[C@H](C)N3C[C@H]2n2cc(C(=O)NCc4ccc(F)cc4F)c(=O)c(OCOC(=O)OCC4(COP(=O)(O)O)COC4)c2C3=O)C1. The number of hydrogen-bond acceptors (Lipinski definition) is 12. The maximum Gasteiger partial charge on any atom is 0.511 e. The van der Waals surface area contributed by atoms with E-state index in [1.165, 1.54) is 10.8 Å². The zero-order valence-electron chi connectivity index (χ0n) is 27.5. The molecule has 2 fully saturated rings. The number of phosphoric acid groups is 1. The first-order valence-electron chi connectivity index (χ1n) is 15.8. The summed E-state index contributed by atoms with van der Waals surface area (Å²) in [5.41, 5.74) is -3.07. The summed E-state index contributed by atoms with van der Waals surface area (Å²) >= 11 is 0. The van der Waals surface area contributed by atoms with Gasteiger partial charge >= 0.3 is 14.0 Å². The van der Waals surface area contributed by atoms with Crippen molar-refractivity contribution >= 4 is 31.5 Å². The van der Waals surface area contributed by atoms with Gasteiger partial charge in [-0.05, 0) is 32.8 Å². The fraction of sp³-hybridized carbons (Fsp3) is 0.516. The molecule has 276 valence electrons. The van der Waals surface area contributed by atoms with Crippen molar-refractivity contribution in [1.29, 1.82) is 0 Å². The average Bonchev–Trinajstić information content (AvgIpc) is 3.38. The number of nitrogens with zero attached hydrogens (tertiary/aromatic N) is 3. The van der Waals surface area contributed by atoms with Crippen LogP contribution in [0.3, 0.4) is 0 Å². The second kappa shape index (κ2) is 14.0. The lowest BCUT2D eigenvalue weighted by Gasteiger charge is -2.42. The van der Waals surface area contributed by atoms with Crippen LogP contribution in [0.4, 0.5) is 13.6 Å². The number of amides is 2. The predicted molar refractivity (Wildman–Crippen MR) is 168 cm³/mol. The first-order valence-corrected chi connectivity index (χ1v) is 17.4. The minimum atomic E-state index is -4.80. The Bertz CT molecular complexity index is 1880. The highest BCUT2D eigenvalue weighted by Gasteiger charge is 2.54. The van der Waals surface area contributed by atoms with Crippen LogP contribution >= 0.6 is 7.82 Å². The Balaban J connectivity index is 1.28. The summed E-state index contributed by atoms with van der Waals surface area (Å²) in [4.78, 5) is 79.5. The topological polar surface area (TPSA) is 214 Å². The van der Waals surface area contributed by atoms with Crippen molar-refractivity contribution in [2.45, 2.75) is 57.3 Å². The fourth-order valence-corrected chi connectivity index (χ4v) is 6.99. The van der Waals surface area contributed by atoms with E-state index in [2.05, 4.69) is 15.0 Å². The first-order chi connectivity index (χ1) is 24.1. The van der Waals surface area contributed by atoms with Crippen molar-refractivity contribution < 1.29 is 65.8 Å². The van der Waals surface area contributed by atoms with Gasteiger partial charge < -0.3 is 48.4 Å². The molecule has 20 heteroatoms. The number of carbonyl (C=O) groups is 3. The summed E-state index contributed by atoms with van der Waals surface area (Å²) in [5, 5.41) is 6.62. The Morgan fingerprint density at radius 1 is 1.18 bits per heavy atom. The number of fused-ring (bicyclic) bond motifs is 5. The van der Waals surface area contributed by atoms with Crippen LogP contribution in [0.2, 0.25) is 0 Å². The van der Waals surface area contributed by atoms with Gasteiger partial charge in [0.05, 0.1) is 37.0 Å². The van der Waals surface area contributed by atoms with E-state index >= 15 is 0 Å². The number of ether oxygens (including phenoxy) is 4. The molecule has 3 N–H and O–H groups in total. The lowest BCUT2D eigenvalue weighted by Crippen LogP contribution is -2.52. The molecule has 2 saturated heterocycles. The second-order valence-corrected chi connectivity index (χ2v) is 14.3. The Kier molecular flexibility index (Phi) is 9.95. The molecule has 6 rings (SSSR count). The van der Waals surface area contributed by atoms with Gasteiger partial charge in [-0.1, -0.05) is 11.2 Å². The van der Waals surface area contributed by atoms with E-state index in [9.17, 15) is 32.5 Å². The zero-order valence-corrected chi connectivity index (χ0v) is 28.4. The van der Waals surface area contributed by atoms with Crippen LogP contribution in [0.5, 0.6) is 5.75 Å². The van der Waals surface area contributed by atoms with E-state index in [4.69, 9.17) is 33.6 Å². The summed E-state index contributed by atoms with van der Waals surface area (Å²) in [6.07, 6.45) is 1.35. The third kappa shape index (κ3) is 7.48. The number of phosphoric ester groups is 1. The number of nitrogens with one attached hydrogen (secondary N) is 1. The minimum Gasteiger partial charge on any atom is -0.451 e. The number of aromatic nitrogens is 1. The number of hydrogen-bond donors (Lipinski definition) is 3. The standard InChI is InChI=1S/C31H35F2N4O13P/c1-17-8-31(50-35-17)6-5-18(2)36-11-23(31)37-10-21(27(39)34-9-19-3-4-20(32)7-22(19)33)25(38)26(24(37)28(36)40)47-16-48-29(41)46-14-30(12-45-13-30)15-49-51(42,43)44/h3-4,7,10,18,23H,5-6,8-9,11-16H2,1-2H3,(H,34,39)(H2,42,43,44)/t18-,23+,31-/m0/s1. The van der Waals surface area contributed by atoms with Crippen molar-refractivity contribution in [3.8, 4) is 5.75 Å². The molecular formula is C31H35F2N4O13P. The van der Waals surface area contributed by atoms with Gasteiger partial charge in [0.15, 0.2) is 11.3 Å². The Hall–Kier alpha value is -4.42. The molecule has 4 aliphatic heterocycles. The summed E-state index contributed by atoms with van der Waals surface area (Å²) < 4.78 is 65.6. The van der Waals surface area contributed by atoms with Crippen LogP contribution in [-0.4, -0.2) is 94.3 Å². The predicted octanol–water partition coefficient (Wildman–Crippen LogP) is 2.39. The molecule has 0 saturated carbocycles. The summed E-state index contributed by atoms with van der Waals surface area (Å²) in [5.74, 6) is -3.88. The van der Waals surface area contributed by atoms with Gasteiger partial charge in [-0.15, -0.1) is 0 Å². The monoisotopic (exact) mass is 740 g/mol. The lowest BCUT2D eigenvalue weighted by atomic mass is 9.84. The Morgan fingerprint density at radius 3 is 2.59 bits per heavy atom. The van der Waals surface area contributed by atoms with Crippen molar-refractivity contribution in [2.24, 2.45) is 10.6 Å². The van der Waals surface area contributed by atoms with E-state index < -0.39 is 97.8 Å². The highest BCUT2D eigenvalue weighted by Crippen LogP contribution is 2.46.